The topological polar surface area (TPSA) is 21.3 Å². The van der Waals surface area contributed by atoms with Crippen molar-refractivity contribution >= 4 is 0 Å². The molecule has 1 heterocycles. The van der Waals surface area contributed by atoms with Crippen LogP contribution in [0.5, 0.6) is 0 Å². The SMILES string of the molecule is C1CCC(COC2CCCNCC2)C1. The summed E-state index contributed by atoms with van der Waals surface area (Å²) < 4.78 is 6.01. The molecular weight excluding hydrogens is 174 g/mol. The lowest BCUT2D eigenvalue weighted by atomic mass is 10.1. The Morgan fingerprint density at radius 2 is 1.79 bits per heavy atom. The highest BCUT2D eigenvalue weighted by atomic mass is 16.5. The van der Waals surface area contributed by atoms with Crippen LogP contribution in [-0.4, -0.2) is 25.8 Å². The highest BCUT2D eigenvalue weighted by Gasteiger charge is 2.18. The highest BCUT2D eigenvalue weighted by molar-refractivity contribution is 4.70. The number of nitrogens with one attached hydrogen (secondary N) is 1. The summed E-state index contributed by atoms with van der Waals surface area (Å²) in [7, 11) is 0. The van der Waals surface area contributed by atoms with Crippen molar-refractivity contribution in [2.45, 2.75) is 51.0 Å². The Morgan fingerprint density at radius 1 is 0.929 bits per heavy atom. The maximum absolute atomic E-state index is 6.01. The normalized spacial score (nSPS) is 30.4. The molecule has 2 nitrogen and oxygen atoms in total. The van der Waals surface area contributed by atoms with Gasteiger partial charge in [-0.25, -0.2) is 0 Å². The summed E-state index contributed by atoms with van der Waals surface area (Å²) in [5.41, 5.74) is 0. The van der Waals surface area contributed by atoms with Gasteiger partial charge in [-0.05, 0) is 51.1 Å². The second-order valence-electron chi connectivity index (χ2n) is 4.79. The first kappa shape index (κ1) is 10.4. The molecule has 14 heavy (non-hydrogen) atoms. The lowest BCUT2D eigenvalue weighted by Crippen LogP contribution is -2.19. The zero-order chi connectivity index (χ0) is 9.64. The van der Waals surface area contributed by atoms with Gasteiger partial charge in [0, 0.05) is 6.61 Å². The van der Waals surface area contributed by atoms with Gasteiger partial charge >= 0.3 is 0 Å². The first-order valence-corrected chi connectivity index (χ1v) is 6.27. The van der Waals surface area contributed by atoms with Gasteiger partial charge in [0.2, 0.25) is 0 Å². The molecule has 2 aliphatic rings. The molecule has 1 atom stereocenters. The average molecular weight is 197 g/mol. The summed E-state index contributed by atoms with van der Waals surface area (Å²) in [6, 6.07) is 0. The molecule has 0 aromatic rings. The van der Waals surface area contributed by atoms with Gasteiger partial charge in [0.1, 0.15) is 0 Å². The van der Waals surface area contributed by atoms with E-state index in [-0.39, 0.29) is 0 Å². The Balaban J connectivity index is 1.62. The maximum Gasteiger partial charge on any atom is 0.0587 e. The third-order valence-electron chi connectivity index (χ3n) is 3.57. The molecule has 0 bridgehead atoms. The van der Waals surface area contributed by atoms with Crippen molar-refractivity contribution < 1.29 is 4.74 Å². The number of ether oxygens (including phenoxy) is 1. The van der Waals surface area contributed by atoms with Crippen molar-refractivity contribution in [3.05, 3.63) is 0 Å². The standard InChI is InChI=1S/C12H23NO/c1-2-5-11(4-1)10-14-12-6-3-8-13-9-7-12/h11-13H,1-10H2. The molecule has 0 amide bonds. The number of hydrogen-bond donors (Lipinski definition) is 1. The quantitative estimate of drug-likeness (QED) is 0.750. The van der Waals surface area contributed by atoms with E-state index in [2.05, 4.69) is 5.32 Å². The third kappa shape index (κ3) is 3.25. The first-order chi connectivity index (χ1) is 6.95. The average Bonchev–Trinajstić information content (AvgIpc) is 2.58. The van der Waals surface area contributed by atoms with Crippen LogP contribution in [0.15, 0.2) is 0 Å². The molecule has 2 rings (SSSR count). The molecule has 1 unspecified atom stereocenters. The third-order valence-corrected chi connectivity index (χ3v) is 3.57. The van der Waals surface area contributed by atoms with Crippen molar-refractivity contribution in [3.63, 3.8) is 0 Å². The summed E-state index contributed by atoms with van der Waals surface area (Å²) in [4.78, 5) is 0. The Bertz CT molecular complexity index is 146. The monoisotopic (exact) mass is 197 g/mol. The fourth-order valence-electron chi connectivity index (χ4n) is 2.60. The van der Waals surface area contributed by atoms with Crippen LogP contribution in [0, 0.1) is 5.92 Å². The van der Waals surface area contributed by atoms with Crippen molar-refractivity contribution in [2.75, 3.05) is 19.7 Å². The summed E-state index contributed by atoms with van der Waals surface area (Å²) in [5.74, 6) is 0.881. The Hall–Kier alpha value is -0.0800. The molecular formula is C12H23NO. The minimum Gasteiger partial charge on any atom is -0.378 e. The summed E-state index contributed by atoms with van der Waals surface area (Å²) >= 11 is 0. The fourth-order valence-corrected chi connectivity index (χ4v) is 2.60. The van der Waals surface area contributed by atoms with Crippen LogP contribution >= 0.6 is 0 Å². The predicted octanol–water partition coefficient (Wildman–Crippen LogP) is 2.34. The summed E-state index contributed by atoms with van der Waals surface area (Å²) in [5, 5.41) is 3.43. The largest absolute Gasteiger partial charge is 0.378 e. The first-order valence-electron chi connectivity index (χ1n) is 6.27. The zero-order valence-corrected chi connectivity index (χ0v) is 9.13. The summed E-state index contributed by atoms with van der Waals surface area (Å²) in [6.45, 7) is 3.36. The molecule has 82 valence electrons. The van der Waals surface area contributed by atoms with Crippen molar-refractivity contribution in [3.8, 4) is 0 Å². The van der Waals surface area contributed by atoms with Gasteiger partial charge in [0.05, 0.1) is 6.10 Å². The molecule has 0 radical (unpaired) electrons. The van der Waals surface area contributed by atoms with Gasteiger partial charge < -0.3 is 10.1 Å². The van der Waals surface area contributed by atoms with E-state index in [1.165, 1.54) is 51.5 Å². The lowest BCUT2D eigenvalue weighted by Gasteiger charge is -2.17. The minimum absolute atomic E-state index is 0.547. The van der Waals surface area contributed by atoms with Gasteiger partial charge in [-0.3, -0.25) is 0 Å². The van der Waals surface area contributed by atoms with E-state index in [1.807, 2.05) is 0 Å². The maximum atomic E-state index is 6.01. The van der Waals surface area contributed by atoms with E-state index < -0.39 is 0 Å². The van der Waals surface area contributed by atoms with Crippen LogP contribution in [0.1, 0.15) is 44.9 Å². The zero-order valence-electron chi connectivity index (χ0n) is 9.13. The van der Waals surface area contributed by atoms with Crippen LogP contribution in [0.25, 0.3) is 0 Å². The molecule has 0 aromatic carbocycles. The summed E-state index contributed by atoms with van der Waals surface area (Å²) in [6.07, 6.45) is 9.99. The fraction of sp³-hybridized carbons (Fsp3) is 1.00. The molecule has 0 spiro atoms. The molecule has 2 fully saturated rings. The van der Waals surface area contributed by atoms with Crippen molar-refractivity contribution in [1.29, 1.82) is 0 Å². The van der Waals surface area contributed by atoms with Crippen molar-refractivity contribution in [2.24, 2.45) is 5.92 Å². The van der Waals surface area contributed by atoms with Crippen LogP contribution in [0.2, 0.25) is 0 Å². The van der Waals surface area contributed by atoms with Gasteiger partial charge in [0.25, 0.3) is 0 Å². The van der Waals surface area contributed by atoms with Crippen LogP contribution in [0.4, 0.5) is 0 Å². The Labute approximate surface area is 87.4 Å². The van der Waals surface area contributed by atoms with E-state index in [0.29, 0.717) is 6.10 Å². The van der Waals surface area contributed by atoms with Crippen LogP contribution < -0.4 is 5.32 Å². The van der Waals surface area contributed by atoms with Crippen LogP contribution in [-0.2, 0) is 4.74 Å². The lowest BCUT2D eigenvalue weighted by molar-refractivity contribution is 0.0236. The molecule has 2 heteroatoms. The molecule has 1 N–H and O–H groups in total. The second-order valence-corrected chi connectivity index (χ2v) is 4.79. The van der Waals surface area contributed by atoms with E-state index in [0.717, 1.165) is 19.1 Å². The Morgan fingerprint density at radius 3 is 2.64 bits per heavy atom. The van der Waals surface area contributed by atoms with Gasteiger partial charge in [-0.15, -0.1) is 0 Å². The molecule has 1 aliphatic heterocycles. The van der Waals surface area contributed by atoms with Gasteiger partial charge in [-0.2, -0.15) is 0 Å². The second kappa shape index (κ2) is 5.72. The van der Waals surface area contributed by atoms with Crippen molar-refractivity contribution in [1.82, 2.24) is 5.32 Å². The van der Waals surface area contributed by atoms with E-state index in [4.69, 9.17) is 4.74 Å². The number of hydrogen-bond acceptors (Lipinski definition) is 2. The Kier molecular flexibility index (Phi) is 4.26. The smallest absolute Gasteiger partial charge is 0.0587 e. The molecule has 1 aliphatic carbocycles. The van der Waals surface area contributed by atoms with E-state index in [9.17, 15) is 0 Å². The van der Waals surface area contributed by atoms with Gasteiger partial charge in [-0.1, -0.05) is 12.8 Å². The highest BCUT2D eigenvalue weighted by Crippen LogP contribution is 2.25. The van der Waals surface area contributed by atoms with Gasteiger partial charge in [0.15, 0.2) is 0 Å². The van der Waals surface area contributed by atoms with E-state index in [1.54, 1.807) is 0 Å². The molecule has 1 saturated heterocycles. The number of rotatable bonds is 3. The van der Waals surface area contributed by atoms with E-state index >= 15 is 0 Å². The molecule has 1 saturated carbocycles. The minimum atomic E-state index is 0.547. The molecule has 0 aromatic heterocycles. The van der Waals surface area contributed by atoms with Crippen LogP contribution in [0.3, 0.4) is 0 Å². The predicted molar refractivity (Wildman–Crippen MR) is 58.4 cm³/mol.